The van der Waals surface area contributed by atoms with Crippen LogP contribution >= 0.6 is 0 Å². The first-order valence-electron chi connectivity index (χ1n) is 7.57. The second-order valence-electron chi connectivity index (χ2n) is 5.46. The maximum atomic E-state index is 11.6. The molecule has 0 saturated heterocycles. The molecule has 3 aromatic rings. The van der Waals surface area contributed by atoms with Gasteiger partial charge in [-0.2, -0.15) is 0 Å². The Morgan fingerprint density at radius 1 is 1.04 bits per heavy atom. The molecule has 4 N–H and O–H groups in total. The van der Waals surface area contributed by atoms with E-state index >= 15 is 0 Å². The van der Waals surface area contributed by atoms with Gasteiger partial charge in [0, 0.05) is 6.54 Å². The second kappa shape index (κ2) is 6.99. The molecule has 130 valence electrons. The lowest BCUT2D eigenvalue weighted by Gasteiger charge is -2.09. The minimum absolute atomic E-state index is 0.0408. The Balaban J connectivity index is 1.72. The fourth-order valence-electron chi connectivity index (χ4n) is 2.33. The number of benzene rings is 1. The molecule has 2 aromatic heterocycles. The number of fused-ring (bicyclic) bond motifs is 1. The van der Waals surface area contributed by atoms with Gasteiger partial charge in [-0.25, -0.2) is 28.1 Å². The summed E-state index contributed by atoms with van der Waals surface area (Å²) in [5, 5.41) is 4.03. The van der Waals surface area contributed by atoms with Crippen LogP contribution in [0.25, 0.3) is 11.0 Å². The van der Waals surface area contributed by atoms with Gasteiger partial charge in [0.25, 0.3) is 0 Å². The molecule has 0 aliphatic rings. The summed E-state index contributed by atoms with van der Waals surface area (Å²) in [6, 6.07) is 10.9. The van der Waals surface area contributed by atoms with Gasteiger partial charge >= 0.3 is 0 Å². The van der Waals surface area contributed by atoms with E-state index in [2.05, 4.69) is 25.0 Å². The van der Waals surface area contributed by atoms with Gasteiger partial charge in [-0.05, 0) is 30.3 Å². The van der Waals surface area contributed by atoms with E-state index in [1.54, 1.807) is 18.2 Å². The first-order chi connectivity index (χ1) is 12.0. The van der Waals surface area contributed by atoms with Crippen LogP contribution < -0.4 is 15.8 Å². The molecule has 0 saturated carbocycles. The number of aromatic nitrogens is 3. The van der Waals surface area contributed by atoms with E-state index in [0.29, 0.717) is 23.8 Å². The van der Waals surface area contributed by atoms with Crippen LogP contribution in [0.15, 0.2) is 42.7 Å². The highest BCUT2D eigenvalue weighted by molar-refractivity contribution is 7.88. The van der Waals surface area contributed by atoms with Gasteiger partial charge in [0.1, 0.15) is 18.0 Å². The highest BCUT2D eigenvalue weighted by Gasteiger charge is 2.09. The Kier molecular flexibility index (Phi) is 4.77. The minimum Gasteiger partial charge on any atom is -0.384 e. The highest BCUT2D eigenvalue weighted by Crippen LogP contribution is 2.19. The number of nitrogens with one attached hydrogen (secondary N) is 2. The van der Waals surface area contributed by atoms with Crippen molar-refractivity contribution in [2.45, 2.75) is 12.3 Å². The lowest BCUT2D eigenvalue weighted by molar-refractivity contribution is 0.587. The Hall–Kier alpha value is -2.78. The molecule has 0 bridgehead atoms. The third-order valence-electron chi connectivity index (χ3n) is 3.67. The number of sulfonamides is 1. The molecule has 0 amide bonds. The quantitative estimate of drug-likeness (QED) is 0.606. The topological polar surface area (TPSA) is 123 Å². The van der Waals surface area contributed by atoms with Gasteiger partial charge in [0.2, 0.25) is 10.0 Å². The van der Waals surface area contributed by atoms with Crippen molar-refractivity contribution in [1.82, 2.24) is 19.7 Å². The van der Waals surface area contributed by atoms with Crippen molar-refractivity contribution in [3.63, 3.8) is 0 Å². The highest BCUT2D eigenvalue weighted by atomic mass is 32.2. The molecule has 9 heteroatoms. The van der Waals surface area contributed by atoms with Gasteiger partial charge in [0.15, 0.2) is 5.65 Å². The maximum absolute atomic E-state index is 11.6. The van der Waals surface area contributed by atoms with Crippen LogP contribution in [-0.4, -0.2) is 30.4 Å². The van der Waals surface area contributed by atoms with Crippen molar-refractivity contribution in [2.24, 2.45) is 0 Å². The van der Waals surface area contributed by atoms with E-state index in [9.17, 15) is 8.42 Å². The first-order valence-corrected chi connectivity index (χ1v) is 9.22. The van der Waals surface area contributed by atoms with E-state index in [4.69, 9.17) is 5.73 Å². The average Bonchev–Trinajstić information content (AvgIpc) is 2.60. The average molecular weight is 358 g/mol. The summed E-state index contributed by atoms with van der Waals surface area (Å²) >= 11 is 0. The monoisotopic (exact) mass is 358 g/mol. The molecule has 0 fully saturated rings. The number of rotatable bonds is 6. The molecule has 1 aromatic carbocycles. The molecule has 0 aliphatic carbocycles. The molecule has 25 heavy (non-hydrogen) atoms. The van der Waals surface area contributed by atoms with Crippen molar-refractivity contribution < 1.29 is 8.42 Å². The minimum atomic E-state index is -3.27. The maximum Gasteiger partial charge on any atom is 0.215 e. The molecule has 0 atom stereocenters. The zero-order valence-electron chi connectivity index (χ0n) is 13.6. The van der Waals surface area contributed by atoms with Gasteiger partial charge < -0.3 is 11.1 Å². The van der Waals surface area contributed by atoms with Gasteiger partial charge in [0.05, 0.1) is 11.1 Å². The van der Waals surface area contributed by atoms with Gasteiger partial charge in [-0.15, -0.1) is 0 Å². The lowest BCUT2D eigenvalue weighted by Crippen LogP contribution is -2.20. The third kappa shape index (κ3) is 4.20. The predicted octanol–water partition coefficient (Wildman–Crippen LogP) is 1.27. The van der Waals surface area contributed by atoms with Crippen LogP contribution in [-0.2, 0) is 22.3 Å². The Bertz CT molecular complexity index is 989. The van der Waals surface area contributed by atoms with Crippen molar-refractivity contribution in [1.29, 1.82) is 0 Å². The Morgan fingerprint density at radius 2 is 1.76 bits per heavy atom. The number of hydrogen-bond donors (Lipinski definition) is 3. The number of nitrogens with two attached hydrogens (primary N) is 1. The summed E-state index contributed by atoms with van der Waals surface area (Å²) in [6.07, 6.45) is 1.43. The third-order valence-corrected chi connectivity index (χ3v) is 5.00. The van der Waals surface area contributed by atoms with Crippen molar-refractivity contribution in [3.8, 4) is 0 Å². The molecule has 8 nitrogen and oxygen atoms in total. The fraction of sp³-hybridized carbons (Fsp3) is 0.188. The number of nitrogens with zero attached hydrogens (tertiary/aromatic N) is 3. The molecule has 0 spiro atoms. The Labute approximate surface area is 145 Å². The summed E-state index contributed by atoms with van der Waals surface area (Å²) in [6.45, 7) is 0.537. The molecule has 0 radical (unpaired) electrons. The summed E-state index contributed by atoms with van der Waals surface area (Å²) < 4.78 is 25.4. The molecular weight excluding hydrogens is 340 g/mol. The fourth-order valence-corrected chi connectivity index (χ4v) is 3.10. The molecule has 2 heterocycles. The molecule has 0 aliphatic heterocycles. The lowest BCUT2D eigenvalue weighted by atomic mass is 10.1. The number of anilines is 2. The molecule has 3 rings (SSSR count). The van der Waals surface area contributed by atoms with Crippen LogP contribution in [0, 0.1) is 0 Å². The van der Waals surface area contributed by atoms with E-state index in [-0.39, 0.29) is 5.75 Å². The normalized spacial score (nSPS) is 11.6. The largest absolute Gasteiger partial charge is 0.384 e. The number of pyridine rings is 1. The van der Waals surface area contributed by atoms with Crippen LogP contribution in [0.1, 0.15) is 11.1 Å². The van der Waals surface area contributed by atoms with E-state index in [1.165, 1.54) is 13.4 Å². The zero-order valence-corrected chi connectivity index (χ0v) is 14.4. The summed E-state index contributed by atoms with van der Waals surface area (Å²) in [5.74, 6) is 1.03. The number of nitrogen functional groups attached to an aromatic ring is 1. The summed E-state index contributed by atoms with van der Waals surface area (Å²) in [5.41, 5.74) is 7.93. The van der Waals surface area contributed by atoms with Crippen LogP contribution in [0.5, 0.6) is 0 Å². The van der Waals surface area contributed by atoms with Crippen LogP contribution in [0.2, 0.25) is 0 Å². The van der Waals surface area contributed by atoms with Gasteiger partial charge in [-0.1, -0.05) is 24.3 Å². The predicted molar refractivity (Wildman–Crippen MR) is 97.2 cm³/mol. The summed E-state index contributed by atoms with van der Waals surface area (Å²) in [7, 11) is -1.86. The van der Waals surface area contributed by atoms with Crippen LogP contribution in [0.3, 0.4) is 0 Å². The van der Waals surface area contributed by atoms with Crippen molar-refractivity contribution >= 4 is 32.7 Å². The smallest absolute Gasteiger partial charge is 0.215 e. The Morgan fingerprint density at radius 3 is 2.48 bits per heavy atom. The first kappa shape index (κ1) is 17.1. The second-order valence-corrected chi connectivity index (χ2v) is 7.39. The van der Waals surface area contributed by atoms with Gasteiger partial charge in [-0.3, -0.25) is 0 Å². The van der Waals surface area contributed by atoms with Crippen molar-refractivity contribution in [3.05, 3.63) is 53.9 Å². The SMILES string of the molecule is CNS(=O)(=O)Cc1ccc(CNc2ncnc3nc(N)ccc23)cc1. The molecular formula is C16H18N6O2S. The van der Waals surface area contributed by atoms with E-state index in [0.717, 1.165) is 16.5 Å². The van der Waals surface area contributed by atoms with Crippen molar-refractivity contribution in [2.75, 3.05) is 18.1 Å². The zero-order chi connectivity index (χ0) is 17.9. The van der Waals surface area contributed by atoms with E-state index in [1.807, 2.05) is 18.2 Å². The summed E-state index contributed by atoms with van der Waals surface area (Å²) in [4.78, 5) is 12.5. The molecule has 0 unspecified atom stereocenters. The van der Waals surface area contributed by atoms with E-state index < -0.39 is 10.0 Å². The standard InChI is InChI=1S/C16H18N6O2S/c1-18-25(23,24)9-12-4-2-11(3-5-12)8-19-15-13-6-7-14(17)22-16(13)21-10-20-15/h2-7,10,18H,8-9H2,1H3,(H3,17,19,20,21,22). The van der Waals surface area contributed by atoms with Crippen LogP contribution in [0.4, 0.5) is 11.6 Å². The number of hydrogen-bond acceptors (Lipinski definition) is 7.